The molecule has 0 spiro atoms. The van der Waals surface area contributed by atoms with Crippen molar-refractivity contribution in [3.05, 3.63) is 23.8 Å². The van der Waals surface area contributed by atoms with E-state index in [1.807, 2.05) is 13.0 Å². The first-order valence-electron chi connectivity index (χ1n) is 5.50. The van der Waals surface area contributed by atoms with Gasteiger partial charge < -0.3 is 10.6 Å². The molecular weight excluding hydrogens is 204 g/mol. The normalized spacial score (nSPS) is 15.6. The Bertz CT molecular complexity index is 376. The molecule has 1 saturated heterocycles. The molecule has 0 aromatic carbocycles. The van der Waals surface area contributed by atoms with E-state index in [2.05, 4.69) is 20.6 Å². The maximum absolute atomic E-state index is 11.5. The van der Waals surface area contributed by atoms with E-state index in [1.165, 1.54) is 0 Å². The molecule has 1 amide bonds. The van der Waals surface area contributed by atoms with Gasteiger partial charge in [0.25, 0.3) is 0 Å². The number of carbonyl (C=O) groups is 1. The quantitative estimate of drug-likeness (QED) is 0.750. The molecule has 2 N–H and O–H groups in total. The number of nitrogens with one attached hydrogen (secondary N) is 2. The van der Waals surface area contributed by atoms with E-state index >= 15 is 0 Å². The largest absolute Gasteiger partial charge is 0.350 e. The first-order valence-corrected chi connectivity index (χ1v) is 5.50. The Labute approximate surface area is 94.7 Å². The van der Waals surface area contributed by atoms with Crippen LogP contribution in [-0.2, 0) is 11.3 Å². The Balaban J connectivity index is 1.75. The van der Waals surface area contributed by atoms with E-state index < -0.39 is 0 Å². The second-order valence-corrected chi connectivity index (χ2v) is 4.10. The minimum absolute atomic E-state index is 0.0998. The predicted molar refractivity (Wildman–Crippen MR) is 59.6 cm³/mol. The zero-order valence-electron chi connectivity index (χ0n) is 9.36. The molecule has 1 fully saturated rings. The van der Waals surface area contributed by atoms with Crippen molar-refractivity contribution in [2.45, 2.75) is 19.9 Å². The fourth-order valence-electron chi connectivity index (χ4n) is 1.62. The standard InChI is InChI=1S/C11H16N4O/c1-8-13-3-2-10(15-8)7-14-11(16)4-9-5-12-6-9/h2-3,9,12H,4-7H2,1H3,(H,14,16). The SMILES string of the molecule is Cc1nccc(CNC(=O)CC2CNC2)n1. The summed E-state index contributed by atoms with van der Waals surface area (Å²) in [6.45, 7) is 4.24. The molecule has 0 aliphatic carbocycles. The fourth-order valence-corrected chi connectivity index (χ4v) is 1.62. The number of aromatic nitrogens is 2. The molecule has 5 nitrogen and oxygen atoms in total. The van der Waals surface area contributed by atoms with Crippen LogP contribution in [-0.4, -0.2) is 29.0 Å². The predicted octanol–water partition coefficient (Wildman–Crippen LogP) is 0.0107. The van der Waals surface area contributed by atoms with Crippen LogP contribution in [0.25, 0.3) is 0 Å². The van der Waals surface area contributed by atoms with E-state index in [9.17, 15) is 4.79 Å². The van der Waals surface area contributed by atoms with Gasteiger partial charge in [-0.2, -0.15) is 0 Å². The van der Waals surface area contributed by atoms with Crippen molar-refractivity contribution in [1.29, 1.82) is 0 Å². The van der Waals surface area contributed by atoms with Crippen molar-refractivity contribution in [2.75, 3.05) is 13.1 Å². The van der Waals surface area contributed by atoms with Gasteiger partial charge in [0.2, 0.25) is 5.91 Å². The Morgan fingerprint density at radius 1 is 1.62 bits per heavy atom. The summed E-state index contributed by atoms with van der Waals surface area (Å²) in [5, 5.41) is 6.02. The van der Waals surface area contributed by atoms with Crippen LogP contribution in [0.4, 0.5) is 0 Å². The number of hydrogen-bond donors (Lipinski definition) is 2. The number of hydrogen-bond acceptors (Lipinski definition) is 4. The van der Waals surface area contributed by atoms with Crippen LogP contribution in [0.2, 0.25) is 0 Å². The minimum atomic E-state index is 0.0998. The summed E-state index contributed by atoms with van der Waals surface area (Å²) in [6, 6.07) is 1.82. The zero-order valence-corrected chi connectivity index (χ0v) is 9.36. The Morgan fingerprint density at radius 2 is 2.44 bits per heavy atom. The highest BCUT2D eigenvalue weighted by molar-refractivity contribution is 5.76. The molecule has 86 valence electrons. The van der Waals surface area contributed by atoms with Crippen LogP contribution in [0.15, 0.2) is 12.3 Å². The first kappa shape index (κ1) is 11.0. The van der Waals surface area contributed by atoms with E-state index in [0.717, 1.165) is 24.6 Å². The number of nitrogens with zero attached hydrogens (tertiary/aromatic N) is 2. The smallest absolute Gasteiger partial charge is 0.220 e. The van der Waals surface area contributed by atoms with Crippen molar-refractivity contribution in [3.8, 4) is 0 Å². The molecule has 0 atom stereocenters. The van der Waals surface area contributed by atoms with E-state index in [0.29, 0.717) is 18.9 Å². The highest BCUT2D eigenvalue weighted by Crippen LogP contribution is 2.07. The van der Waals surface area contributed by atoms with Crippen LogP contribution >= 0.6 is 0 Å². The van der Waals surface area contributed by atoms with Gasteiger partial charge in [-0.1, -0.05) is 0 Å². The minimum Gasteiger partial charge on any atom is -0.350 e. The first-order chi connectivity index (χ1) is 7.74. The molecule has 2 rings (SSSR count). The lowest BCUT2D eigenvalue weighted by atomic mass is 9.99. The highest BCUT2D eigenvalue weighted by atomic mass is 16.1. The summed E-state index contributed by atoms with van der Waals surface area (Å²) in [6.07, 6.45) is 2.32. The van der Waals surface area contributed by atoms with E-state index in [4.69, 9.17) is 0 Å². The Kier molecular flexibility index (Phi) is 3.46. The van der Waals surface area contributed by atoms with Crippen LogP contribution in [0.3, 0.4) is 0 Å². The van der Waals surface area contributed by atoms with Gasteiger partial charge in [-0.25, -0.2) is 9.97 Å². The van der Waals surface area contributed by atoms with Crippen LogP contribution < -0.4 is 10.6 Å². The van der Waals surface area contributed by atoms with Gasteiger partial charge in [-0.3, -0.25) is 4.79 Å². The number of amides is 1. The number of rotatable bonds is 4. The number of carbonyl (C=O) groups excluding carboxylic acids is 1. The van der Waals surface area contributed by atoms with Crippen molar-refractivity contribution in [3.63, 3.8) is 0 Å². The molecule has 0 bridgehead atoms. The van der Waals surface area contributed by atoms with Gasteiger partial charge >= 0.3 is 0 Å². The van der Waals surface area contributed by atoms with Gasteiger partial charge in [0, 0.05) is 12.6 Å². The molecule has 0 saturated carbocycles. The van der Waals surface area contributed by atoms with E-state index in [1.54, 1.807) is 6.20 Å². The third kappa shape index (κ3) is 3.00. The van der Waals surface area contributed by atoms with Crippen molar-refractivity contribution < 1.29 is 4.79 Å². The second kappa shape index (κ2) is 5.03. The van der Waals surface area contributed by atoms with Gasteiger partial charge in [-0.05, 0) is 32.0 Å². The molecule has 2 heterocycles. The lowest BCUT2D eigenvalue weighted by Crippen LogP contribution is -2.44. The molecule has 0 unspecified atom stereocenters. The summed E-state index contributed by atoms with van der Waals surface area (Å²) in [5.41, 5.74) is 0.854. The molecule has 0 radical (unpaired) electrons. The molecular formula is C11H16N4O. The van der Waals surface area contributed by atoms with Crippen LogP contribution in [0.5, 0.6) is 0 Å². The molecule has 1 aromatic heterocycles. The summed E-state index contributed by atoms with van der Waals surface area (Å²) in [5.74, 6) is 1.34. The average molecular weight is 220 g/mol. The van der Waals surface area contributed by atoms with E-state index in [-0.39, 0.29) is 5.91 Å². The Morgan fingerprint density at radius 3 is 3.06 bits per heavy atom. The number of aryl methyl sites for hydroxylation is 1. The van der Waals surface area contributed by atoms with Gasteiger partial charge in [0.05, 0.1) is 12.2 Å². The summed E-state index contributed by atoms with van der Waals surface area (Å²) in [4.78, 5) is 19.7. The Hall–Kier alpha value is -1.49. The molecule has 5 heteroatoms. The second-order valence-electron chi connectivity index (χ2n) is 4.10. The monoisotopic (exact) mass is 220 g/mol. The molecule has 1 aliphatic heterocycles. The van der Waals surface area contributed by atoms with Gasteiger partial charge in [0.1, 0.15) is 5.82 Å². The van der Waals surface area contributed by atoms with Crippen molar-refractivity contribution in [2.24, 2.45) is 5.92 Å². The van der Waals surface area contributed by atoms with Gasteiger partial charge in [0.15, 0.2) is 0 Å². The summed E-state index contributed by atoms with van der Waals surface area (Å²) >= 11 is 0. The van der Waals surface area contributed by atoms with Crippen LogP contribution in [0.1, 0.15) is 17.9 Å². The zero-order chi connectivity index (χ0) is 11.4. The molecule has 1 aromatic rings. The molecule has 16 heavy (non-hydrogen) atoms. The highest BCUT2D eigenvalue weighted by Gasteiger charge is 2.19. The topological polar surface area (TPSA) is 66.9 Å². The third-order valence-corrected chi connectivity index (χ3v) is 2.64. The van der Waals surface area contributed by atoms with Crippen molar-refractivity contribution >= 4 is 5.91 Å². The maximum atomic E-state index is 11.5. The summed E-state index contributed by atoms with van der Waals surface area (Å²) < 4.78 is 0. The lowest BCUT2D eigenvalue weighted by Gasteiger charge is -2.26. The lowest BCUT2D eigenvalue weighted by molar-refractivity contribution is -0.122. The summed E-state index contributed by atoms with van der Waals surface area (Å²) in [7, 11) is 0. The van der Waals surface area contributed by atoms with Crippen molar-refractivity contribution in [1.82, 2.24) is 20.6 Å². The molecule has 1 aliphatic rings. The average Bonchev–Trinajstić information content (AvgIpc) is 2.21. The van der Waals surface area contributed by atoms with Crippen LogP contribution in [0, 0.1) is 12.8 Å². The third-order valence-electron chi connectivity index (χ3n) is 2.64. The van der Waals surface area contributed by atoms with Gasteiger partial charge in [-0.15, -0.1) is 0 Å². The fraction of sp³-hybridized carbons (Fsp3) is 0.545. The maximum Gasteiger partial charge on any atom is 0.220 e.